The van der Waals surface area contributed by atoms with Crippen molar-refractivity contribution < 1.29 is 13.2 Å². The lowest BCUT2D eigenvalue weighted by Gasteiger charge is -2.23. The summed E-state index contributed by atoms with van der Waals surface area (Å²) in [5.74, 6) is 0.616. The first-order chi connectivity index (χ1) is 10.00. The number of para-hydroxylation sites is 2. The van der Waals surface area contributed by atoms with Gasteiger partial charge in [-0.3, -0.25) is 4.31 Å². The van der Waals surface area contributed by atoms with Gasteiger partial charge in [0.15, 0.2) is 0 Å². The van der Waals surface area contributed by atoms with E-state index in [1.807, 2.05) is 19.1 Å². The van der Waals surface area contributed by atoms with Gasteiger partial charge in [-0.25, -0.2) is 8.42 Å². The zero-order valence-corrected chi connectivity index (χ0v) is 14.6. The number of hydrogen-bond donors (Lipinski definition) is 0. The number of rotatable bonds is 2. The van der Waals surface area contributed by atoms with E-state index in [0.29, 0.717) is 35.9 Å². The van der Waals surface area contributed by atoms with Crippen LogP contribution in [0.1, 0.15) is 11.3 Å². The van der Waals surface area contributed by atoms with Gasteiger partial charge in [0.05, 0.1) is 16.1 Å². The zero-order valence-electron chi connectivity index (χ0n) is 11.4. The molecular formula is C14H14BrNO3S2. The molecular weight excluding hydrogens is 374 g/mol. The molecule has 0 bridgehead atoms. The molecule has 0 saturated heterocycles. The van der Waals surface area contributed by atoms with Crippen LogP contribution >= 0.6 is 27.3 Å². The number of benzene rings is 1. The smallest absolute Gasteiger partial charge is 0.265 e. The Labute approximate surface area is 136 Å². The monoisotopic (exact) mass is 387 g/mol. The summed E-state index contributed by atoms with van der Waals surface area (Å²) >= 11 is 4.78. The molecule has 1 aliphatic rings. The summed E-state index contributed by atoms with van der Waals surface area (Å²) in [7, 11) is -3.57. The summed E-state index contributed by atoms with van der Waals surface area (Å²) in [5.41, 5.74) is 0.608. The van der Waals surface area contributed by atoms with E-state index in [1.165, 1.54) is 15.6 Å². The number of sulfonamides is 1. The van der Waals surface area contributed by atoms with E-state index >= 15 is 0 Å². The fraction of sp³-hybridized carbons (Fsp3) is 0.286. The van der Waals surface area contributed by atoms with Crippen LogP contribution in [0.15, 0.2) is 39.0 Å². The van der Waals surface area contributed by atoms with Crippen molar-refractivity contribution in [1.29, 1.82) is 0 Å². The normalized spacial score (nSPS) is 15.2. The molecule has 0 N–H and O–H groups in total. The van der Waals surface area contributed by atoms with Crippen molar-refractivity contribution in [2.24, 2.45) is 0 Å². The molecule has 0 fully saturated rings. The molecule has 0 spiro atoms. The summed E-state index contributed by atoms with van der Waals surface area (Å²) in [6.07, 6.45) is 0.665. The van der Waals surface area contributed by atoms with Crippen molar-refractivity contribution in [1.82, 2.24) is 0 Å². The van der Waals surface area contributed by atoms with Gasteiger partial charge in [0.1, 0.15) is 10.6 Å². The van der Waals surface area contributed by atoms with Crippen LogP contribution in [-0.4, -0.2) is 21.6 Å². The van der Waals surface area contributed by atoms with Crippen LogP contribution < -0.4 is 9.04 Å². The Hall–Kier alpha value is -1.05. The standard InChI is InChI=1S/C14H14BrNO3S2/c1-10-13(9-14(15)20-10)21(17,18)16-7-4-8-19-12-6-3-2-5-11(12)16/h2-3,5-6,9H,4,7-8H2,1H3. The third kappa shape index (κ3) is 2.69. The summed E-state index contributed by atoms with van der Waals surface area (Å²) in [4.78, 5) is 1.14. The first-order valence-electron chi connectivity index (χ1n) is 6.50. The minimum absolute atomic E-state index is 0.357. The van der Waals surface area contributed by atoms with E-state index in [2.05, 4.69) is 15.9 Å². The minimum Gasteiger partial charge on any atom is -0.491 e. The van der Waals surface area contributed by atoms with Gasteiger partial charge in [-0.05, 0) is 41.1 Å². The second-order valence-electron chi connectivity index (χ2n) is 4.72. The Morgan fingerprint density at radius 1 is 1.33 bits per heavy atom. The fourth-order valence-electron chi connectivity index (χ4n) is 2.35. The quantitative estimate of drug-likeness (QED) is 0.786. The first-order valence-corrected chi connectivity index (χ1v) is 9.55. The molecule has 1 aromatic heterocycles. The Morgan fingerprint density at radius 3 is 2.81 bits per heavy atom. The van der Waals surface area contributed by atoms with Crippen LogP contribution in [0.2, 0.25) is 0 Å². The highest BCUT2D eigenvalue weighted by Gasteiger charge is 2.30. The lowest BCUT2D eigenvalue weighted by Crippen LogP contribution is -2.31. The maximum atomic E-state index is 13.0. The van der Waals surface area contributed by atoms with Crippen molar-refractivity contribution in [3.05, 3.63) is 39.0 Å². The number of hydrogen-bond acceptors (Lipinski definition) is 4. The number of anilines is 1. The van der Waals surface area contributed by atoms with Crippen LogP contribution in [0.25, 0.3) is 0 Å². The van der Waals surface area contributed by atoms with Crippen LogP contribution in [0.3, 0.4) is 0 Å². The number of halogens is 1. The Balaban J connectivity index is 2.13. The Kier molecular flexibility index (Phi) is 3.98. The van der Waals surface area contributed by atoms with Gasteiger partial charge in [0.25, 0.3) is 10.0 Å². The van der Waals surface area contributed by atoms with Crippen molar-refractivity contribution in [2.75, 3.05) is 17.5 Å². The Bertz CT molecular complexity index is 770. The van der Waals surface area contributed by atoms with Gasteiger partial charge in [0, 0.05) is 17.8 Å². The molecule has 21 heavy (non-hydrogen) atoms. The van der Waals surface area contributed by atoms with Crippen molar-refractivity contribution in [3.8, 4) is 5.75 Å². The highest BCUT2D eigenvalue weighted by Crippen LogP contribution is 2.37. The van der Waals surface area contributed by atoms with Crippen molar-refractivity contribution in [2.45, 2.75) is 18.2 Å². The van der Waals surface area contributed by atoms with Crippen molar-refractivity contribution >= 4 is 43.0 Å². The minimum atomic E-state index is -3.57. The number of thiophene rings is 1. The van der Waals surface area contributed by atoms with E-state index in [-0.39, 0.29) is 0 Å². The maximum absolute atomic E-state index is 13.0. The molecule has 112 valence electrons. The lowest BCUT2D eigenvalue weighted by molar-refractivity contribution is 0.322. The van der Waals surface area contributed by atoms with Gasteiger partial charge in [-0.15, -0.1) is 11.3 Å². The van der Waals surface area contributed by atoms with Crippen LogP contribution in [0.5, 0.6) is 5.75 Å². The van der Waals surface area contributed by atoms with E-state index < -0.39 is 10.0 Å². The molecule has 2 heterocycles. The number of fused-ring (bicyclic) bond motifs is 1. The second-order valence-corrected chi connectivity index (χ2v) is 9.18. The molecule has 0 saturated carbocycles. The molecule has 0 amide bonds. The number of aryl methyl sites for hydroxylation is 1. The Morgan fingerprint density at radius 2 is 2.10 bits per heavy atom. The fourth-order valence-corrected chi connectivity index (χ4v) is 6.25. The molecule has 1 aliphatic heterocycles. The molecule has 1 aromatic carbocycles. The van der Waals surface area contributed by atoms with E-state index in [0.717, 1.165) is 8.66 Å². The number of ether oxygens (including phenoxy) is 1. The third-order valence-corrected chi connectivity index (χ3v) is 6.93. The first kappa shape index (κ1) is 14.9. The number of nitrogens with zero attached hydrogens (tertiary/aromatic N) is 1. The van der Waals surface area contributed by atoms with E-state index in [4.69, 9.17) is 4.74 Å². The molecule has 0 atom stereocenters. The van der Waals surface area contributed by atoms with E-state index in [1.54, 1.807) is 18.2 Å². The average molecular weight is 388 g/mol. The lowest BCUT2D eigenvalue weighted by atomic mass is 10.3. The highest BCUT2D eigenvalue weighted by atomic mass is 79.9. The molecule has 0 radical (unpaired) electrons. The van der Waals surface area contributed by atoms with Crippen molar-refractivity contribution in [3.63, 3.8) is 0 Å². The summed E-state index contributed by atoms with van der Waals surface area (Å²) in [6, 6.07) is 8.94. The average Bonchev–Trinajstić information content (AvgIpc) is 2.68. The van der Waals surface area contributed by atoms with Gasteiger partial charge in [0.2, 0.25) is 0 Å². The highest BCUT2D eigenvalue weighted by molar-refractivity contribution is 9.11. The molecule has 3 rings (SSSR count). The zero-order chi connectivity index (χ0) is 15.0. The molecule has 4 nitrogen and oxygen atoms in total. The molecule has 0 aliphatic carbocycles. The predicted octanol–water partition coefficient (Wildman–Crippen LogP) is 3.80. The van der Waals surface area contributed by atoms with Gasteiger partial charge < -0.3 is 4.74 Å². The summed E-state index contributed by atoms with van der Waals surface area (Å²) < 4.78 is 33.9. The summed E-state index contributed by atoms with van der Waals surface area (Å²) in [5, 5.41) is 0. The molecule has 7 heteroatoms. The van der Waals surface area contributed by atoms with Gasteiger partial charge in [-0.2, -0.15) is 0 Å². The van der Waals surface area contributed by atoms with E-state index in [9.17, 15) is 8.42 Å². The largest absolute Gasteiger partial charge is 0.491 e. The second kappa shape index (κ2) is 5.62. The third-order valence-electron chi connectivity index (χ3n) is 3.31. The molecule has 2 aromatic rings. The van der Waals surface area contributed by atoms with Gasteiger partial charge >= 0.3 is 0 Å². The van der Waals surface area contributed by atoms with Crippen LogP contribution in [-0.2, 0) is 10.0 Å². The predicted molar refractivity (Wildman–Crippen MR) is 87.8 cm³/mol. The topological polar surface area (TPSA) is 46.6 Å². The van der Waals surface area contributed by atoms with Crippen LogP contribution in [0, 0.1) is 6.92 Å². The SMILES string of the molecule is Cc1sc(Br)cc1S(=O)(=O)N1CCCOc2ccccc21. The maximum Gasteiger partial charge on any atom is 0.265 e. The summed E-state index contributed by atoms with van der Waals surface area (Å²) in [6.45, 7) is 2.77. The molecule has 0 unspecified atom stereocenters. The van der Waals surface area contributed by atoms with Crippen LogP contribution in [0.4, 0.5) is 5.69 Å². The van der Waals surface area contributed by atoms with Gasteiger partial charge in [-0.1, -0.05) is 12.1 Å².